The van der Waals surface area contributed by atoms with Crippen LogP contribution in [0.4, 0.5) is 0 Å². The highest BCUT2D eigenvalue weighted by atomic mass is 35.5. The molecule has 0 bridgehead atoms. The Labute approximate surface area is 99.8 Å². The summed E-state index contributed by atoms with van der Waals surface area (Å²) < 4.78 is 0. The van der Waals surface area contributed by atoms with Gasteiger partial charge in [-0.2, -0.15) is 0 Å². The molecule has 0 heterocycles. The van der Waals surface area contributed by atoms with Crippen LogP contribution in [0.1, 0.15) is 18.9 Å². The van der Waals surface area contributed by atoms with E-state index in [9.17, 15) is 0 Å². The van der Waals surface area contributed by atoms with E-state index in [1.54, 1.807) is 11.8 Å². The molecular formula is C11H16ClNOS. The predicted molar refractivity (Wildman–Crippen MR) is 66.4 cm³/mol. The maximum Gasteiger partial charge on any atom is 0.0545 e. The number of aliphatic hydroxyl groups excluding tert-OH is 1. The highest BCUT2D eigenvalue weighted by Crippen LogP contribution is 2.31. The van der Waals surface area contributed by atoms with Crippen LogP contribution in [-0.2, 0) is 6.54 Å². The normalized spacial score (nSPS) is 12.8. The third kappa shape index (κ3) is 4.03. The van der Waals surface area contributed by atoms with Crippen LogP contribution in [-0.4, -0.2) is 17.0 Å². The summed E-state index contributed by atoms with van der Waals surface area (Å²) in [7, 11) is 0. The van der Waals surface area contributed by atoms with Gasteiger partial charge >= 0.3 is 0 Å². The summed E-state index contributed by atoms with van der Waals surface area (Å²) in [4.78, 5) is 1.05. The fraction of sp³-hybridized carbons (Fsp3) is 0.455. The summed E-state index contributed by atoms with van der Waals surface area (Å²) in [5, 5.41) is 9.92. The van der Waals surface area contributed by atoms with Crippen molar-refractivity contribution in [2.45, 2.75) is 30.0 Å². The van der Waals surface area contributed by atoms with Crippen molar-refractivity contribution in [3.63, 3.8) is 0 Å². The van der Waals surface area contributed by atoms with Crippen molar-refractivity contribution in [2.24, 2.45) is 5.73 Å². The van der Waals surface area contributed by atoms with Crippen molar-refractivity contribution in [3.05, 3.63) is 28.8 Å². The van der Waals surface area contributed by atoms with E-state index in [1.165, 1.54) is 0 Å². The van der Waals surface area contributed by atoms with Gasteiger partial charge in [0, 0.05) is 23.3 Å². The van der Waals surface area contributed by atoms with Crippen LogP contribution in [0.2, 0.25) is 5.02 Å². The van der Waals surface area contributed by atoms with Gasteiger partial charge in [-0.25, -0.2) is 0 Å². The maximum atomic E-state index is 8.80. The monoisotopic (exact) mass is 245 g/mol. The van der Waals surface area contributed by atoms with Crippen LogP contribution in [0.5, 0.6) is 0 Å². The molecule has 1 rings (SSSR count). The number of benzene rings is 1. The van der Waals surface area contributed by atoms with Crippen molar-refractivity contribution in [1.82, 2.24) is 0 Å². The highest BCUT2D eigenvalue weighted by molar-refractivity contribution is 8.00. The van der Waals surface area contributed by atoms with E-state index in [4.69, 9.17) is 22.4 Å². The fourth-order valence-corrected chi connectivity index (χ4v) is 2.54. The topological polar surface area (TPSA) is 46.2 Å². The van der Waals surface area contributed by atoms with Crippen molar-refractivity contribution in [2.75, 3.05) is 6.61 Å². The quantitative estimate of drug-likeness (QED) is 0.784. The first-order valence-corrected chi connectivity index (χ1v) is 6.19. The molecule has 3 N–H and O–H groups in total. The first-order valence-electron chi connectivity index (χ1n) is 4.93. The Hall–Kier alpha value is -0.220. The third-order valence-electron chi connectivity index (χ3n) is 2.10. The molecule has 0 aliphatic carbocycles. The van der Waals surface area contributed by atoms with Gasteiger partial charge in [-0.3, -0.25) is 0 Å². The zero-order valence-electron chi connectivity index (χ0n) is 8.74. The minimum Gasteiger partial charge on any atom is -0.396 e. The third-order valence-corrected chi connectivity index (χ3v) is 3.77. The van der Waals surface area contributed by atoms with Crippen molar-refractivity contribution in [3.8, 4) is 0 Å². The molecule has 0 saturated heterocycles. The van der Waals surface area contributed by atoms with E-state index in [0.29, 0.717) is 11.8 Å². The Morgan fingerprint density at radius 1 is 1.53 bits per heavy atom. The molecule has 4 heteroatoms. The lowest BCUT2D eigenvalue weighted by Gasteiger charge is -2.11. The second-order valence-corrected chi connectivity index (χ2v) is 5.30. The first kappa shape index (κ1) is 12.8. The number of nitrogens with two attached hydrogens (primary N) is 1. The molecule has 1 unspecified atom stereocenters. The van der Waals surface area contributed by atoms with Gasteiger partial charge in [-0.1, -0.05) is 24.6 Å². The number of aliphatic hydroxyl groups is 1. The lowest BCUT2D eigenvalue weighted by atomic mass is 10.2. The highest BCUT2D eigenvalue weighted by Gasteiger charge is 2.07. The van der Waals surface area contributed by atoms with Gasteiger partial charge in [0.1, 0.15) is 0 Å². The SMILES string of the molecule is CC(CCO)Sc1ccc(CN)cc1Cl. The number of hydrogen-bond acceptors (Lipinski definition) is 3. The smallest absolute Gasteiger partial charge is 0.0545 e. The molecule has 0 aliphatic heterocycles. The van der Waals surface area contributed by atoms with Crippen molar-refractivity contribution < 1.29 is 5.11 Å². The van der Waals surface area contributed by atoms with Gasteiger partial charge in [0.15, 0.2) is 0 Å². The van der Waals surface area contributed by atoms with Crippen LogP contribution in [0, 0.1) is 0 Å². The lowest BCUT2D eigenvalue weighted by molar-refractivity contribution is 0.289. The van der Waals surface area contributed by atoms with Crippen LogP contribution in [0.15, 0.2) is 23.1 Å². The summed E-state index contributed by atoms with van der Waals surface area (Å²) in [6, 6.07) is 5.87. The van der Waals surface area contributed by atoms with Gasteiger partial charge in [0.2, 0.25) is 0 Å². The molecule has 15 heavy (non-hydrogen) atoms. The summed E-state index contributed by atoms with van der Waals surface area (Å²) in [5.41, 5.74) is 6.56. The van der Waals surface area contributed by atoms with Crippen LogP contribution in [0.25, 0.3) is 0 Å². The summed E-state index contributed by atoms with van der Waals surface area (Å²) in [6.45, 7) is 2.80. The summed E-state index contributed by atoms with van der Waals surface area (Å²) >= 11 is 7.79. The molecule has 1 atom stereocenters. The first-order chi connectivity index (χ1) is 7.17. The zero-order valence-corrected chi connectivity index (χ0v) is 10.3. The maximum absolute atomic E-state index is 8.80. The molecule has 0 aliphatic rings. The molecule has 84 valence electrons. The Morgan fingerprint density at radius 2 is 2.27 bits per heavy atom. The number of rotatable bonds is 5. The van der Waals surface area contributed by atoms with Gasteiger partial charge in [0.25, 0.3) is 0 Å². The second kappa shape index (κ2) is 6.38. The van der Waals surface area contributed by atoms with Crippen molar-refractivity contribution >= 4 is 23.4 Å². The van der Waals surface area contributed by atoms with E-state index >= 15 is 0 Å². The molecular weight excluding hydrogens is 230 g/mol. The number of thioether (sulfide) groups is 1. The average molecular weight is 246 g/mol. The summed E-state index contributed by atoms with van der Waals surface area (Å²) in [5.74, 6) is 0. The van der Waals surface area contributed by atoms with E-state index in [-0.39, 0.29) is 6.61 Å². The molecule has 2 nitrogen and oxygen atoms in total. The largest absolute Gasteiger partial charge is 0.396 e. The van der Waals surface area contributed by atoms with Gasteiger partial charge in [-0.15, -0.1) is 11.8 Å². The molecule has 0 radical (unpaired) electrons. The Balaban J connectivity index is 2.69. The van der Waals surface area contributed by atoms with E-state index in [2.05, 4.69) is 6.92 Å². The summed E-state index contributed by atoms with van der Waals surface area (Å²) in [6.07, 6.45) is 0.777. The minimum absolute atomic E-state index is 0.215. The van der Waals surface area contributed by atoms with Gasteiger partial charge < -0.3 is 10.8 Å². The second-order valence-electron chi connectivity index (χ2n) is 3.41. The average Bonchev–Trinajstić information content (AvgIpc) is 2.21. The lowest BCUT2D eigenvalue weighted by Crippen LogP contribution is -2.00. The van der Waals surface area contributed by atoms with Crippen LogP contribution >= 0.6 is 23.4 Å². The molecule has 0 fully saturated rings. The minimum atomic E-state index is 0.215. The standard InChI is InChI=1S/C11H16ClNOS/c1-8(4-5-14)15-11-3-2-9(7-13)6-10(11)12/h2-3,6,8,14H,4-5,7,13H2,1H3. The van der Waals surface area contributed by atoms with Crippen LogP contribution < -0.4 is 5.73 Å². The van der Waals surface area contributed by atoms with Crippen LogP contribution in [0.3, 0.4) is 0 Å². The molecule has 0 saturated carbocycles. The molecule has 0 amide bonds. The van der Waals surface area contributed by atoms with E-state index in [1.807, 2.05) is 18.2 Å². The molecule has 0 aromatic heterocycles. The molecule has 1 aromatic rings. The van der Waals surface area contributed by atoms with Gasteiger partial charge in [0.05, 0.1) is 5.02 Å². The van der Waals surface area contributed by atoms with Gasteiger partial charge in [-0.05, 0) is 24.1 Å². The Bertz CT molecular complexity index is 319. The Kier molecular flexibility index (Phi) is 5.47. The molecule has 0 spiro atoms. The number of hydrogen-bond donors (Lipinski definition) is 2. The van der Waals surface area contributed by atoms with E-state index < -0.39 is 0 Å². The fourth-order valence-electron chi connectivity index (χ4n) is 1.22. The number of halogens is 1. The zero-order chi connectivity index (χ0) is 11.3. The Morgan fingerprint density at radius 3 is 2.80 bits per heavy atom. The predicted octanol–water partition coefficient (Wildman–Crippen LogP) is 2.66. The van der Waals surface area contributed by atoms with E-state index in [0.717, 1.165) is 21.9 Å². The van der Waals surface area contributed by atoms with Crippen molar-refractivity contribution in [1.29, 1.82) is 0 Å². The molecule has 1 aromatic carbocycles.